The summed E-state index contributed by atoms with van der Waals surface area (Å²) in [5, 5.41) is 2.73. The van der Waals surface area contributed by atoms with Crippen LogP contribution in [0.4, 0.5) is 5.69 Å². The highest BCUT2D eigenvalue weighted by Crippen LogP contribution is 2.23. The molecule has 92 valence electrons. The van der Waals surface area contributed by atoms with E-state index in [0.717, 1.165) is 23.4 Å². The second kappa shape index (κ2) is 5.96. The third kappa shape index (κ3) is 2.94. The van der Waals surface area contributed by atoms with Crippen LogP contribution in [0.5, 0.6) is 0 Å². The number of hydrogen-bond donors (Lipinski definition) is 1. The van der Waals surface area contributed by atoms with E-state index in [1.165, 1.54) is 0 Å². The molecule has 0 aliphatic heterocycles. The van der Waals surface area contributed by atoms with E-state index in [9.17, 15) is 4.79 Å². The third-order valence-electron chi connectivity index (χ3n) is 2.95. The molecule has 1 aromatic heterocycles. The molecule has 3 nitrogen and oxygen atoms in total. The minimum atomic E-state index is 0.320. The molecule has 0 saturated carbocycles. The topological polar surface area (TPSA) is 42.0 Å². The van der Waals surface area contributed by atoms with Crippen molar-refractivity contribution in [1.29, 1.82) is 0 Å². The molecule has 0 radical (unpaired) electrons. The van der Waals surface area contributed by atoms with Crippen molar-refractivity contribution in [3.8, 4) is 0 Å². The third-order valence-corrected chi connectivity index (χ3v) is 2.95. The van der Waals surface area contributed by atoms with Gasteiger partial charge in [-0.1, -0.05) is 31.2 Å². The molecule has 2 aromatic rings. The van der Waals surface area contributed by atoms with E-state index < -0.39 is 0 Å². The molecule has 0 bridgehead atoms. The number of amides is 1. The first-order valence-corrected chi connectivity index (χ1v) is 6.00. The van der Waals surface area contributed by atoms with Crippen LogP contribution in [0.3, 0.4) is 0 Å². The zero-order chi connectivity index (χ0) is 12.8. The summed E-state index contributed by atoms with van der Waals surface area (Å²) in [6.07, 6.45) is 3.37. The normalized spacial score (nSPS) is 11.8. The van der Waals surface area contributed by atoms with E-state index in [-0.39, 0.29) is 0 Å². The van der Waals surface area contributed by atoms with Crippen molar-refractivity contribution in [2.24, 2.45) is 0 Å². The number of rotatable bonds is 5. The Morgan fingerprint density at radius 1 is 1.22 bits per heavy atom. The zero-order valence-electron chi connectivity index (χ0n) is 10.3. The fraction of sp³-hybridized carbons (Fsp3) is 0.200. The molecule has 3 heteroatoms. The van der Waals surface area contributed by atoms with Crippen LogP contribution in [0.25, 0.3) is 0 Å². The van der Waals surface area contributed by atoms with Gasteiger partial charge in [-0.25, -0.2) is 0 Å². The number of aromatic nitrogens is 1. The average molecular weight is 240 g/mol. The van der Waals surface area contributed by atoms with Crippen LogP contribution in [-0.4, -0.2) is 11.4 Å². The maximum atomic E-state index is 10.6. The van der Waals surface area contributed by atoms with Crippen molar-refractivity contribution in [2.75, 3.05) is 5.32 Å². The molecule has 1 heterocycles. The van der Waals surface area contributed by atoms with Gasteiger partial charge in [-0.05, 0) is 30.2 Å². The fourth-order valence-corrected chi connectivity index (χ4v) is 2.00. The Morgan fingerprint density at radius 3 is 2.72 bits per heavy atom. The molecule has 0 fully saturated rings. The molecule has 1 N–H and O–H groups in total. The number of benzene rings is 1. The lowest BCUT2D eigenvalue weighted by atomic mass is 9.96. The van der Waals surface area contributed by atoms with Crippen LogP contribution in [0.15, 0.2) is 48.7 Å². The summed E-state index contributed by atoms with van der Waals surface area (Å²) in [5.74, 6) is 0.320. The molecule has 1 atom stereocenters. The highest BCUT2D eigenvalue weighted by molar-refractivity contribution is 5.73. The molecule has 1 amide bonds. The average Bonchev–Trinajstić information content (AvgIpc) is 2.42. The Labute approximate surface area is 107 Å². The van der Waals surface area contributed by atoms with Crippen molar-refractivity contribution in [2.45, 2.75) is 19.3 Å². The Bertz CT molecular complexity index is 511. The van der Waals surface area contributed by atoms with Gasteiger partial charge < -0.3 is 5.32 Å². The SMILES string of the molecule is CC(Cc1ccccc1NC=O)c1ccccn1. The zero-order valence-corrected chi connectivity index (χ0v) is 10.3. The van der Waals surface area contributed by atoms with Gasteiger partial charge in [-0.2, -0.15) is 0 Å². The fourth-order valence-electron chi connectivity index (χ4n) is 2.00. The van der Waals surface area contributed by atoms with Gasteiger partial charge in [0.1, 0.15) is 0 Å². The minimum Gasteiger partial charge on any atom is -0.328 e. The summed E-state index contributed by atoms with van der Waals surface area (Å²) in [6, 6.07) is 13.8. The number of hydrogen-bond acceptors (Lipinski definition) is 2. The molecule has 0 aliphatic carbocycles. The Hall–Kier alpha value is -2.16. The Morgan fingerprint density at radius 2 is 2.00 bits per heavy atom. The van der Waals surface area contributed by atoms with Gasteiger partial charge in [-0.15, -0.1) is 0 Å². The van der Waals surface area contributed by atoms with Crippen molar-refractivity contribution in [1.82, 2.24) is 4.98 Å². The van der Waals surface area contributed by atoms with Gasteiger partial charge >= 0.3 is 0 Å². The predicted octanol–water partition coefficient (Wildman–Crippen LogP) is 3.00. The number of pyridine rings is 1. The van der Waals surface area contributed by atoms with Crippen LogP contribution in [0.1, 0.15) is 24.1 Å². The van der Waals surface area contributed by atoms with E-state index in [4.69, 9.17) is 0 Å². The molecule has 1 aromatic carbocycles. The summed E-state index contributed by atoms with van der Waals surface area (Å²) < 4.78 is 0. The van der Waals surface area contributed by atoms with Crippen molar-refractivity contribution < 1.29 is 4.79 Å². The van der Waals surface area contributed by atoms with E-state index in [2.05, 4.69) is 17.2 Å². The monoisotopic (exact) mass is 240 g/mol. The first kappa shape index (κ1) is 12.3. The lowest BCUT2D eigenvalue weighted by Crippen LogP contribution is -2.04. The second-order valence-corrected chi connectivity index (χ2v) is 4.28. The summed E-state index contributed by atoms with van der Waals surface area (Å²) in [5.41, 5.74) is 3.07. The number of anilines is 1. The maximum Gasteiger partial charge on any atom is 0.211 e. The number of nitrogens with zero attached hydrogens (tertiary/aromatic N) is 1. The predicted molar refractivity (Wildman–Crippen MR) is 72.5 cm³/mol. The quantitative estimate of drug-likeness (QED) is 0.816. The van der Waals surface area contributed by atoms with E-state index in [1.807, 2.05) is 42.5 Å². The summed E-state index contributed by atoms with van der Waals surface area (Å²) in [7, 11) is 0. The minimum absolute atomic E-state index is 0.320. The maximum absolute atomic E-state index is 10.6. The largest absolute Gasteiger partial charge is 0.328 e. The van der Waals surface area contributed by atoms with Crippen molar-refractivity contribution in [3.63, 3.8) is 0 Å². The first-order chi connectivity index (χ1) is 8.81. The van der Waals surface area contributed by atoms with Crippen molar-refractivity contribution in [3.05, 3.63) is 59.9 Å². The molecule has 1 unspecified atom stereocenters. The number of carbonyl (C=O) groups is 1. The highest BCUT2D eigenvalue weighted by atomic mass is 16.1. The molecule has 18 heavy (non-hydrogen) atoms. The van der Waals surface area contributed by atoms with Gasteiger partial charge in [-0.3, -0.25) is 9.78 Å². The lowest BCUT2D eigenvalue weighted by molar-refractivity contribution is -0.105. The summed E-state index contributed by atoms with van der Waals surface area (Å²) in [6.45, 7) is 2.14. The van der Waals surface area contributed by atoms with E-state index in [1.54, 1.807) is 6.20 Å². The summed E-state index contributed by atoms with van der Waals surface area (Å²) >= 11 is 0. The molecular formula is C15H16N2O. The van der Waals surface area contributed by atoms with E-state index in [0.29, 0.717) is 12.3 Å². The highest BCUT2D eigenvalue weighted by Gasteiger charge is 2.10. The van der Waals surface area contributed by atoms with Crippen LogP contribution in [-0.2, 0) is 11.2 Å². The van der Waals surface area contributed by atoms with Crippen LogP contribution in [0, 0.1) is 0 Å². The van der Waals surface area contributed by atoms with Gasteiger partial charge in [0.15, 0.2) is 0 Å². The Kier molecular flexibility index (Phi) is 4.07. The van der Waals surface area contributed by atoms with Crippen LogP contribution >= 0.6 is 0 Å². The molecule has 2 rings (SSSR count). The first-order valence-electron chi connectivity index (χ1n) is 6.00. The van der Waals surface area contributed by atoms with Gasteiger partial charge in [0.25, 0.3) is 0 Å². The number of para-hydroxylation sites is 1. The summed E-state index contributed by atoms with van der Waals surface area (Å²) in [4.78, 5) is 14.9. The Balaban J connectivity index is 2.16. The van der Waals surface area contributed by atoms with E-state index >= 15 is 0 Å². The van der Waals surface area contributed by atoms with Crippen molar-refractivity contribution >= 4 is 12.1 Å². The van der Waals surface area contributed by atoms with Crippen LogP contribution < -0.4 is 5.32 Å². The van der Waals surface area contributed by atoms with Gasteiger partial charge in [0.2, 0.25) is 6.41 Å². The molecule has 0 aliphatic rings. The smallest absolute Gasteiger partial charge is 0.211 e. The lowest BCUT2D eigenvalue weighted by Gasteiger charge is -2.13. The number of carbonyl (C=O) groups excluding carboxylic acids is 1. The standard InChI is InChI=1S/C15H16N2O/c1-12(14-7-4-5-9-16-14)10-13-6-2-3-8-15(13)17-11-18/h2-9,11-12H,10H2,1H3,(H,17,18). The van der Waals surface area contributed by atoms with Crippen LogP contribution in [0.2, 0.25) is 0 Å². The molecule has 0 spiro atoms. The van der Waals surface area contributed by atoms with Gasteiger partial charge in [0, 0.05) is 23.5 Å². The van der Waals surface area contributed by atoms with Gasteiger partial charge in [0.05, 0.1) is 0 Å². The molecule has 0 saturated heterocycles. The molecular weight excluding hydrogens is 224 g/mol. The second-order valence-electron chi connectivity index (χ2n) is 4.28. The number of nitrogens with one attached hydrogen (secondary N) is 1.